The normalized spacial score (nSPS) is 11.3. The number of nitrogens with zero attached hydrogens (tertiary/aromatic N) is 3. The van der Waals surface area contributed by atoms with E-state index < -0.39 is 10.0 Å². The second kappa shape index (κ2) is 8.34. The van der Waals surface area contributed by atoms with Gasteiger partial charge < -0.3 is 9.88 Å². The summed E-state index contributed by atoms with van der Waals surface area (Å²) >= 11 is 0. The molecule has 4 rings (SSSR count). The second-order valence-corrected chi connectivity index (χ2v) is 8.25. The number of benzene rings is 2. The molecule has 30 heavy (non-hydrogen) atoms. The van der Waals surface area contributed by atoms with Crippen LogP contribution in [-0.4, -0.2) is 28.9 Å². The summed E-state index contributed by atoms with van der Waals surface area (Å²) in [5.41, 5.74) is 1.60. The van der Waals surface area contributed by atoms with Gasteiger partial charge in [-0.2, -0.15) is 0 Å². The molecule has 1 amide bonds. The highest BCUT2D eigenvalue weighted by molar-refractivity contribution is 7.92. The van der Waals surface area contributed by atoms with E-state index in [2.05, 4.69) is 20.0 Å². The number of aromatic nitrogens is 3. The lowest BCUT2D eigenvalue weighted by atomic mass is 10.2. The molecule has 2 N–H and O–H groups in total. The van der Waals surface area contributed by atoms with Crippen LogP contribution >= 0.6 is 0 Å². The van der Waals surface area contributed by atoms with Gasteiger partial charge in [0.2, 0.25) is 11.9 Å². The summed E-state index contributed by atoms with van der Waals surface area (Å²) in [6.07, 6.45) is 5.15. The summed E-state index contributed by atoms with van der Waals surface area (Å²) < 4.78 is 29.1. The Kier molecular flexibility index (Phi) is 5.44. The van der Waals surface area contributed by atoms with Crippen molar-refractivity contribution in [2.45, 2.75) is 17.9 Å². The number of sulfonamides is 1. The first-order valence-corrected chi connectivity index (χ1v) is 10.7. The van der Waals surface area contributed by atoms with Gasteiger partial charge in [0.1, 0.15) is 0 Å². The van der Waals surface area contributed by atoms with Crippen molar-refractivity contribution in [2.75, 3.05) is 10.0 Å². The Bertz CT molecular complexity index is 1270. The molecule has 0 atom stereocenters. The fraction of sp³-hybridized carbons (Fsp3) is 0.0952. The Labute approximate surface area is 173 Å². The van der Waals surface area contributed by atoms with E-state index in [1.54, 1.807) is 18.2 Å². The number of anilines is 2. The first kappa shape index (κ1) is 19.6. The summed E-state index contributed by atoms with van der Waals surface area (Å²) in [6, 6.07) is 17.5. The van der Waals surface area contributed by atoms with E-state index in [1.807, 2.05) is 41.1 Å². The molecule has 0 saturated carbocycles. The van der Waals surface area contributed by atoms with Gasteiger partial charge in [-0.15, -0.1) is 0 Å². The largest absolute Gasteiger partial charge is 0.347 e. The molecule has 0 spiro atoms. The molecule has 0 radical (unpaired) electrons. The lowest BCUT2D eigenvalue weighted by molar-refractivity contribution is -0.116. The quantitative estimate of drug-likeness (QED) is 0.476. The molecule has 0 saturated heterocycles. The van der Waals surface area contributed by atoms with E-state index in [0.717, 1.165) is 10.9 Å². The van der Waals surface area contributed by atoms with Crippen LogP contribution in [0.3, 0.4) is 0 Å². The van der Waals surface area contributed by atoms with Crippen molar-refractivity contribution < 1.29 is 13.2 Å². The van der Waals surface area contributed by atoms with Crippen LogP contribution < -0.4 is 10.0 Å². The number of rotatable bonds is 7. The molecule has 2 aromatic carbocycles. The average Bonchev–Trinajstić information content (AvgIpc) is 3.16. The van der Waals surface area contributed by atoms with Crippen molar-refractivity contribution in [3.8, 4) is 0 Å². The first-order chi connectivity index (χ1) is 14.5. The number of aryl methyl sites for hydroxylation is 1. The van der Waals surface area contributed by atoms with Crippen molar-refractivity contribution >= 4 is 38.5 Å². The standard InChI is InChI=1S/C21H19N5O3S/c27-20(11-15-26-14-10-16-4-1-2-5-19(16)26)24-17-6-8-18(9-7-17)30(28,29)25-21-22-12-3-13-23-21/h1-10,12-14H,11,15H2,(H,24,27)(H,22,23,25). The van der Waals surface area contributed by atoms with Crippen LogP contribution in [0.5, 0.6) is 0 Å². The average molecular weight is 421 g/mol. The number of carbonyl (C=O) groups is 1. The predicted molar refractivity (Wildman–Crippen MR) is 114 cm³/mol. The van der Waals surface area contributed by atoms with E-state index in [4.69, 9.17) is 0 Å². The Balaban J connectivity index is 1.36. The van der Waals surface area contributed by atoms with Crippen molar-refractivity contribution in [1.29, 1.82) is 0 Å². The molecular formula is C21H19N5O3S. The third-order valence-electron chi connectivity index (χ3n) is 4.50. The SMILES string of the molecule is O=C(CCn1ccc2ccccc21)Nc1ccc(S(=O)(=O)Nc2ncccn2)cc1. The van der Waals surface area contributed by atoms with Crippen molar-refractivity contribution in [2.24, 2.45) is 0 Å². The van der Waals surface area contributed by atoms with Crippen LogP contribution in [0.1, 0.15) is 6.42 Å². The van der Waals surface area contributed by atoms with Crippen molar-refractivity contribution in [3.63, 3.8) is 0 Å². The van der Waals surface area contributed by atoms with Gasteiger partial charge in [0, 0.05) is 42.8 Å². The smallest absolute Gasteiger partial charge is 0.264 e. The molecule has 9 heteroatoms. The molecule has 0 aliphatic rings. The Morgan fingerprint density at radius 3 is 2.43 bits per heavy atom. The third-order valence-corrected chi connectivity index (χ3v) is 5.84. The van der Waals surface area contributed by atoms with Crippen LogP contribution in [0.25, 0.3) is 10.9 Å². The van der Waals surface area contributed by atoms with Gasteiger partial charge in [-0.25, -0.2) is 23.1 Å². The number of hydrogen-bond acceptors (Lipinski definition) is 5. The Morgan fingerprint density at radius 1 is 0.933 bits per heavy atom. The van der Waals surface area contributed by atoms with E-state index >= 15 is 0 Å². The summed E-state index contributed by atoms with van der Waals surface area (Å²) in [4.78, 5) is 20.0. The van der Waals surface area contributed by atoms with Crippen LogP contribution in [0, 0.1) is 0 Å². The zero-order valence-corrected chi connectivity index (χ0v) is 16.7. The number of nitrogens with one attached hydrogen (secondary N) is 2. The number of amides is 1. The summed E-state index contributed by atoms with van der Waals surface area (Å²) in [7, 11) is -3.81. The van der Waals surface area contributed by atoms with Gasteiger partial charge in [-0.3, -0.25) is 4.79 Å². The molecule has 2 heterocycles. The molecular weight excluding hydrogens is 402 g/mol. The number of carbonyl (C=O) groups excluding carboxylic acids is 1. The predicted octanol–water partition coefficient (Wildman–Crippen LogP) is 3.26. The number of fused-ring (bicyclic) bond motifs is 1. The molecule has 4 aromatic rings. The zero-order valence-electron chi connectivity index (χ0n) is 15.9. The topological polar surface area (TPSA) is 106 Å². The Hall–Kier alpha value is -3.72. The minimum atomic E-state index is -3.81. The molecule has 0 aliphatic carbocycles. The van der Waals surface area contributed by atoms with Crippen LogP contribution in [0.15, 0.2) is 84.1 Å². The second-order valence-electron chi connectivity index (χ2n) is 6.57. The zero-order chi connectivity index (χ0) is 21.0. The molecule has 8 nitrogen and oxygen atoms in total. The third kappa shape index (κ3) is 4.47. The van der Waals surface area contributed by atoms with Gasteiger partial charge in [0.05, 0.1) is 4.90 Å². The molecule has 152 valence electrons. The fourth-order valence-electron chi connectivity index (χ4n) is 3.03. The first-order valence-electron chi connectivity index (χ1n) is 9.25. The Morgan fingerprint density at radius 2 is 1.67 bits per heavy atom. The lowest BCUT2D eigenvalue weighted by Crippen LogP contribution is -2.16. The van der Waals surface area contributed by atoms with Crippen LogP contribution in [-0.2, 0) is 21.4 Å². The van der Waals surface area contributed by atoms with Gasteiger partial charge in [-0.05, 0) is 47.9 Å². The molecule has 0 aliphatic heterocycles. The van der Waals surface area contributed by atoms with E-state index in [0.29, 0.717) is 18.7 Å². The molecule has 0 unspecified atom stereocenters. The van der Waals surface area contributed by atoms with Crippen molar-refractivity contribution in [3.05, 3.63) is 79.3 Å². The van der Waals surface area contributed by atoms with Gasteiger partial charge in [-0.1, -0.05) is 18.2 Å². The summed E-state index contributed by atoms with van der Waals surface area (Å²) in [5, 5.41) is 3.92. The van der Waals surface area contributed by atoms with Crippen LogP contribution in [0.4, 0.5) is 11.6 Å². The molecule has 0 fully saturated rings. The van der Waals surface area contributed by atoms with Gasteiger partial charge in [0.15, 0.2) is 0 Å². The number of para-hydroxylation sites is 1. The number of hydrogen-bond donors (Lipinski definition) is 2. The summed E-state index contributed by atoms with van der Waals surface area (Å²) in [5.74, 6) is -0.161. The maximum Gasteiger partial charge on any atom is 0.264 e. The van der Waals surface area contributed by atoms with Gasteiger partial charge >= 0.3 is 0 Å². The highest BCUT2D eigenvalue weighted by Gasteiger charge is 2.15. The minimum Gasteiger partial charge on any atom is -0.347 e. The molecule has 2 aromatic heterocycles. The highest BCUT2D eigenvalue weighted by Crippen LogP contribution is 2.18. The minimum absolute atomic E-state index is 0.00702. The molecule has 0 bridgehead atoms. The monoisotopic (exact) mass is 421 g/mol. The van der Waals surface area contributed by atoms with Gasteiger partial charge in [0.25, 0.3) is 10.0 Å². The van der Waals surface area contributed by atoms with E-state index in [-0.39, 0.29) is 16.8 Å². The van der Waals surface area contributed by atoms with Crippen LogP contribution in [0.2, 0.25) is 0 Å². The fourth-order valence-corrected chi connectivity index (χ4v) is 3.99. The highest BCUT2D eigenvalue weighted by atomic mass is 32.2. The van der Waals surface area contributed by atoms with Crippen molar-refractivity contribution in [1.82, 2.24) is 14.5 Å². The van der Waals surface area contributed by atoms with E-state index in [1.165, 1.54) is 24.5 Å². The lowest BCUT2D eigenvalue weighted by Gasteiger charge is -2.09. The maximum absolute atomic E-state index is 12.4. The maximum atomic E-state index is 12.4. The summed E-state index contributed by atoms with van der Waals surface area (Å²) in [6.45, 7) is 0.548. The van der Waals surface area contributed by atoms with E-state index in [9.17, 15) is 13.2 Å².